The van der Waals surface area contributed by atoms with Gasteiger partial charge in [-0.15, -0.1) is 11.3 Å². The van der Waals surface area contributed by atoms with Crippen LogP contribution in [0.1, 0.15) is 10.4 Å². The third-order valence-corrected chi connectivity index (χ3v) is 4.49. The van der Waals surface area contributed by atoms with Crippen molar-refractivity contribution in [3.63, 3.8) is 0 Å². The van der Waals surface area contributed by atoms with E-state index in [0.717, 1.165) is 4.47 Å². The first kappa shape index (κ1) is 18.1. The van der Waals surface area contributed by atoms with Gasteiger partial charge in [-0.3, -0.25) is 14.9 Å². The van der Waals surface area contributed by atoms with Gasteiger partial charge in [0.15, 0.2) is 11.7 Å². The molecule has 3 rings (SSSR count). The molecular weight excluding hydrogens is 418 g/mol. The van der Waals surface area contributed by atoms with Crippen molar-refractivity contribution in [1.29, 1.82) is 0 Å². The highest BCUT2D eigenvalue weighted by atomic mass is 79.9. The number of hydrogen-bond acceptors (Lipinski definition) is 5. The number of benzene rings is 2. The standard InChI is InChI=1S/C18H14BrN3O3S/c19-12-5-7-13(8-6-12)21-16(23)11-25-15-4-2-1-3-14(15)17(24)22-18-20-9-10-26-18/h1-10H,11H2,(H,21,23)(H,20,22,24). The predicted octanol–water partition coefficient (Wildman–Crippen LogP) is 4.18. The summed E-state index contributed by atoms with van der Waals surface area (Å²) in [6.45, 7) is -0.211. The largest absolute Gasteiger partial charge is 0.483 e. The molecule has 3 aromatic rings. The molecule has 8 heteroatoms. The van der Waals surface area contributed by atoms with Crippen molar-refractivity contribution in [3.8, 4) is 5.75 Å². The van der Waals surface area contributed by atoms with E-state index in [0.29, 0.717) is 22.1 Å². The van der Waals surface area contributed by atoms with Gasteiger partial charge >= 0.3 is 0 Å². The Morgan fingerprint density at radius 1 is 1.08 bits per heavy atom. The lowest BCUT2D eigenvalue weighted by atomic mass is 10.2. The summed E-state index contributed by atoms with van der Waals surface area (Å²) in [6, 6.07) is 13.9. The van der Waals surface area contributed by atoms with E-state index in [1.54, 1.807) is 48.0 Å². The number of nitrogens with zero attached hydrogens (tertiary/aromatic N) is 1. The van der Waals surface area contributed by atoms with Gasteiger partial charge in [0.25, 0.3) is 11.8 Å². The summed E-state index contributed by atoms with van der Waals surface area (Å²) >= 11 is 4.66. The molecule has 0 aliphatic rings. The lowest BCUT2D eigenvalue weighted by molar-refractivity contribution is -0.118. The summed E-state index contributed by atoms with van der Waals surface area (Å²) in [5.74, 6) is -0.334. The molecule has 1 heterocycles. The number of aromatic nitrogens is 1. The Morgan fingerprint density at radius 2 is 1.85 bits per heavy atom. The molecule has 0 spiro atoms. The van der Waals surface area contributed by atoms with E-state index in [-0.39, 0.29) is 18.4 Å². The van der Waals surface area contributed by atoms with Gasteiger partial charge in [0.2, 0.25) is 0 Å². The van der Waals surface area contributed by atoms with Gasteiger partial charge < -0.3 is 10.1 Å². The highest BCUT2D eigenvalue weighted by Gasteiger charge is 2.14. The number of para-hydroxylation sites is 1. The first-order valence-corrected chi connectivity index (χ1v) is 9.27. The molecule has 6 nitrogen and oxygen atoms in total. The second kappa shape index (κ2) is 8.59. The minimum atomic E-state index is -0.344. The fraction of sp³-hybridized carbons (Fsp3) is 0.0556. The van der Waals surface area contributed by atoms with Crippen molar-refractivity contribution in [2.75, 3.05) is 17.2 Å². The summed E-state index contributed by atoms with van der Waals surface area (Å²) in [5.41, 5.74) is 0.996. The van der Waals surface area contributed by atoms with Crippen molar-refractivity contribution in [1.82, 2.24) is 4.98 Å². The molecule has 0 aliphatic carbocycles. The normalized spacial score (nSPS) is 10.2. The Kier molecular flexibility index (Phi) is 5.98. The van der Waals surface area contributed by atoms with Gasteiger partial charge in [0.05, 0.1) is 5.56 Å². The first-order chi connectivity index (χ1) is 12.6. The number of rotatable bonds is 6. The van der Waals surface area contributed by atoms with E-state index in [1.165, 1.54) is 11.3 Å². The highest BCUT2D eigenvalue weighted by molar-refractivity contribution is 9.10. The molecule has 2 amide bonds. The predicted molar refractivity (Wildman–Crippen MR) is 105 cm³/mol. The van der Waals surface area contributed by atoms with Gasteiger partial charge in [-0.25, -0.2) is 4.98 Å². The van der Waals surface area contributed by atoms with E-state index in [4.69, 9.17) is 4.74 Å². The average Bonchev–Trinajstić information content (AvgIpc) is 3.15. The Balaban J connectivity index is 1.61. The molecule has 0 fully saturated rings. The highest BCUT2D eigenvalue weighted by Crippen LogP contribution is 2.21. The van der Waals surface area contributed by atoms with Crippen molar-refractivity contribution >= 4 is 49.9 Å². The van der Waals surface area contributed by atoms with Gasteiger partial charge in [0, 0.05) is 21.7 Å². The third-order valence-electron chi connectivity index (χ3n) is 3.27. The Bertz CT molecular complexity index is 898. The van der Waals surface area contributed by atoms with E-state index in [2.05, 4.69) is 31.5 Å². The zero-order chi connectivity index (χ0) is 18.4. The van der Waals surface area contributed by atoms with Crippen LogP contribution in [0.5, 0.6) is 5.75 Å². The molecule has 0 saturated carbocycles. The molecular formula is C18H14BrN3O3S. The fourth-order valence-electron chi connectivity index (χ4n) is 2.10. The third kappa shape index (κ3) is 4.90. The van der Waals surface area contributed by atoms with Crippen LogP contribution in [0.3, 0.4) is 0 Å². The molecule has 0 radical (unpaired) electrons. The lowest BCUT2D eigenvalue weighted by Gasteiger charge is -2.11. The van der Waals surface area contributed by atoms with Crippen LogP contribution in [-0.2, 0) is 4.79 Å². The number of amides is 2. The zero-order valence-corrected chi connectivity index (χ0v) is 15.8. The van der Waals surface area contributed by atoms with Gasteiger partial charge in [-0.05, 0) is 36.4 Å². The molecule has 26 heavy (non-hydrogen) atoms. The summed E-state index contributed by atoms with van der Waals surface area (Å²) in [7, 11) is 0. The molecule has 0 saturated heterocycles. The molecule has 1 aromatic heterocycles. The maximum absolute atomic E-state index is 12.4. The molecule has 2 N–H and O–H groups in total. The quantitative estimate of drug-likeness (QED) is 0.613. The number of thiazole rings is 1. The van der Waals surface area contributed by atoms with Crippen molar-refractivity contribution in [2.24, 2.45) is 0 Å². The molecule has 2 aromatic carbocycles. The number of halogens is 1. The topological polar surface area (TPSA) is 80.3 Å². The van der Waals surface area contributed by atoms with Crippen LogP contribution in [0.25, 0.3) is 0 Å². The number of anilines is 2. The monoisotopic (exact) mass is 431 g/mol. The number of carbonyl (C=O) groups excluding carboxylic acids is 2. The van der Waals surface area contributed by atoms with Crippen LogP contribution in [0, 0.1) is 0 Å². The van der Waals surface area contributed by atoms with Crippen molar-refractivity contribution in [3.05, 3.63) is 70.1 Å². The molecule has 0 unspecified atom stereocenters. The fourth-order valence-corrected chi connectivity index (χ4v) is 2.89. The van der Waals surface area contributed by atoms with Gasteiger partial charge in [-0.2, -0.15) is 0 Å². The first-order valence-electron chi connectivity index (χ1n) is 7.60. The molecule has 0 bridgehead atoms. The summed E-state index contributed by atoms with van der Waals surface area (Å²) in [5, 5.41) is 7.69. The van der Waals surface area contributed by atoms with E-state index in [1.807, 2.05) is 12.1 Å². The smallest absolute Gasteiger partial charge is 0.262 e. The maximum atomic E-state index is 12.4. The van der Waals surface area contributed by atoms with Crippen LogP contribution >= 0.6 is 27.3 Å². The Morgan fingerprint density at radius 3 is 2.58 bits per heavy atom. The Labute approximate surface area is 162 Å². The zero-order valence-electron chi connectivity index (χ0n) is 13.4. The second-order valence-corrected chi connectivity index (χ2v) is 6.94. The second-order valence-electron chi connectivity index (χ2n) is 5.13. The van der Waals surface area contributed by atoms with Crippen LogP contribution in [0.15, 0.2) is 64.6 Å². The maximum Gasteiger partial charge on any atom is 0.262 e. The number of hydrogen-bond donors (Lipinski definition) is 2. The summed E-state index contributed by atoms with van der Waals surface area (Å²) in [4.78, 5) is 28.4. The Hall–Kier alpha value is -2.71. The van der Waals surface area contributed by atoms with E-state index >= 15 is 0 Å². The van der Waals surface area contributed by atoms with Crippen LogP contribution in [0.2, 0.25) is 0 Å². The van der Waals surface area contributed by atoms with Crippen molar-refractivity contribution < 1.29 is 14.3 Å². The van der Waals surface area contributed by atoms with E-state index < -0.39 is 0 Å². The number of nitrogens with one attached hydrogen (secondary N) is 2. The summed E-state index contributed by atoms with van der Waals surface area (Å²) in [6.07, 6.45) is 1.61. The van der Waals surface area contributed by atoms with Crippen LogP contribution in [-0.4, -0.2) is 23.4 Å². The van der Waals surface area contributed by atoms with Crippen LogP contribution in [0.4, 0.5) is 10.8 Å². The minimum absolute atomic E-state index is 0.211. The summed E-state index contributed by atoms with van der Waals surface area (Å²) < 4.78 is 6.46. The van der Waals surface area contributed by atoms with E-state index in [9.17, 15) is 9.59 Å². The van der Waals surface area contributed by atoms with Gasteiger partial charge in [-0.1, -0.05) is 28.1 Å². The number of carbonyl (C=O) groups is 2. The number of ether oxygens (including phenoxy) is 1. The minimum Gasteiger partial charge on any atom is -0.483 e. The van der Waals surface area contributed by atoms with Gasteiger partial charge in [0.1, 0.15) is 5.75 Å². The van der Waals surface area contributed by atoms with Crippen molar-refractivity contribution in [2.45, 2.75) is 0 Å². The van der Waals surface area contributed by atoms with Crippen LogP contribution < -0.4 is 15.4 Å². The molecule has 132 valence electrons. The lowest BCUT2D eigenvalue weighted by Crippen LogP contribution is -2.21. The SMILES string of the molecule is O=C(COc1ccccc1C(=O)Nc1nccs1)Nc1ccc(Br)cc1. The molecule has 0 atom stereocenters. The average molecular weight is 432 g/mol. The molecule has 0 aliphatic heterocycles.